The fourth-order valence-corrected chi connectivity index (χ4v) is 3.53. The molecule has 1 atom stereocenters. The summed E-state index contributed by atoms with van der Waals surface area (Å²) >= 11 is 13.5. The molecule has 7 heteroatoms. The number of hydrogen-bond acceptors (Lipinski definition) is 4. The van der Waals surface area contributed by atoms with Crippen LogP contribution in [-0.2, 0) is 9.53 Å². The zero-order valence-corrected chi connectivity index (χ0v) is 16.8. The van der Waals surface area contributed by atoms with Gasteiger partial charge in [-0.25, -0.2) is 4.79 Å². The van der Waals surface area contributed by atoms with Crippen molar-refractivity contribution in [3.63, 3.8) is 0 Å². The highest BCUT2D eigenvalue weighted by molar-refractivity contribution is 8.00. The van der Waals surface area contributed by atoms with Crippen molar-refractivity contribution in [3.05, 3.63) is 58.1 Å². The molecule has 2 rings (SSSR count). The van der Waals surface area contributed by atoms with Crippen molar-refractivity contribution in [2.45, 2.75) is 30.4 Å². The van der Waals surface area contributed by atoms with Gasteiger partial charge in [0.1, 0.15) is 0 Å². The summed E-state index contributed by atoms with van der Waals surface area (Å²) in [6, 6.07) is 12.1. The van der Waals surface area contributed by atoms with Gasteiger partial charge in [0.15, 0.2) is 0 Å². The van der Waals surface area contributed by atoms with E-state index >= 15 is 0 Å². The van der Waals surface area contributed by atoms with Gasteiger partial charge in [0.2, 0.25) is 5.91 Å². The first kappa shape index (κ1) is 20.6. The lowest BCUT2D eigenvalue weighted by Gasteiger charge is -2.15. The third-order valence-electron chi connectivity index (χ3n) is 3.49. The van der Waals surface area contributed by atoms with Gasteiger partial charge in [-0.1, -0.05) is 30.1 Å². The Morgan fingerprint density at radius 3 is 2.38 bits per heavy atom. The number of hydrogen-bond donors (Lipinski definition) is 1. The molecule has 0 saturated carbocycles. The Hall–Kier alpha value is -1.69. The van der Waals surface area contributed by atoms with Crippen molar-refractivity contribution in [2.75, 3.05) is 11.9 Å². The molecular weight excluding hydrogens is 393 g/mol. The third-order valence-corrected chi connectivity index (χ3v) is 5.43. The van der Waals surface area contributed by atoms with Gasteiger partial charge in [0.05, 0.1) is 22.4 Å². The number of anilines is 1. The first-order chi connectivity index (χ1) is 12.4. The number of thioether (sulfide) groups is 1. The van der Waals surface area contributed by atoms with Crippen LogP contribution < -0.4 is 5.32 Å². The van der Waals surface area contributed by atoms with Crippen LogP contribution >= 0.6 is 35.0 Å². The molecule has 0 aliphatic heterocycles. The molecule has 0 unspecified atom stereocenters. The zero-order valence-electron chi connectivity index (χ0n) is 14.4. The molecule has 138 valence electrons. The van der Waals surface area contributed by atoms with E-state index in [1.165, 1.54) is 11.8 Å². The minimum Gasteiger partial charge on any atom is -0.462 e. The van der Waals surface area contributed by atoms with E-state index in [1.807, 2.05) is 19.1 Å². The quantitative estimate of drug-likeness (QED) is 0.470. The predicted molar refractivity (Wildman–Crippen MR) is 107 cm³/mol. The highest BCUT2D eigenvalue weighted by Crippen LogP contribution is 2.28. The number of ether oxygens (including phenoxy) is 1. The number of halogens is 2. The number of carbonyl (C=O) groups excluding carboxylic acids is 2. The van der Waals surface area contributed by atoms with E-state index in [4.69, 9.17) is 27.9 Å². The summed E-state index contributed by atoms with van der Waals surface area (Å²) in [5.74, 6) is -0.618. The lowest BCUT2D eigenvalue weighted by molar-refractivity contribution is -0.115. The van der Waals surface area contributed by atoms with E-state index < -0.39 is 5.97 Å². The summed E-state index contributed by atoms with van der Waals surface area (Å²) in [5.41, 5.74) is 0.803. The van der Waals surface area contributed by atoms with Crippen LogP contribution in [0, 0.1) is 0 Å². The van der Waals surface area contributed by atoms with Crippen molar-refractivity contribution >= 4 is 52.5 Å². The maximum Gasteiger partial charge on any atom is 0.339 e. The van der Waals surface area contributed by atoms with Gasteiger partial charge in [-0.05, 0) is 55.8 Å². The number of amides is 1. The van der Waals surface area contributed by atoms with Gasteiger partial charge in [-0.3, -0.25) is 4.79 Å². The molecular formula is C19H19Cl2NO3S. The second kappa shape index (κ2) is 9.86. The van der Waals surface area contributed by atoms with Gasteiger partial charge < -0.3 is 10.1 Å². The van der Waals surface area contributed by atoms with Crippen LogP contribution in [0.25, 0.3) is 0 Å². The Labute approximate surface area is 167 Å². The van der Waals surface area contributed by atoms with Crippen LogP contribution in [0.3, 0.4) is 0 Å². The summed E-state index contributed by atoms with van der Waals surface area (Å²) in [6.45, 7) is 3.95. The van der Waals surface area contributed by atoms with E-state index in [0.29, 0.717) is 17.1 Å². The molecule has 4 nitrogen and oxygen atoms in total. The summed E-state index contributed by atoms with van der Waals surface area (Å²) in [5, 5.41) is 3.47. The van der Waals surface area contributed by atoms with Crippen LogP contribution in [0.2, 0.25) is 10.0 Å². The predicted octanol–water partition coefficient (Wildman–Crippen LogP) is 5.68. The Balaban J connectivity index is 2.06. The van der Waals surface area contributed by atoms with Gasteiger partial charge in [-0.2, -0.15) is 0 Å². The summed E-state index contributed by atoms with van der Waals surface area (Å²) in [4.78, 5) is 25.3. The number of rotatable bonds is 7. The summed E-state index contributed by atoms with van der Waals surface area (Å²) < 4.78 is 4.94. The standard InChI is InChI=1S/C19H19Cl2NO3S/c1-3-17(26-14-8-5-12(20)6-9-14)18(23)22-13-7-10-15(16(21)11-13)19(24)25-4-2/h5-11,17H,3-4H2,1-2H3,(H,22,23)/t17-/m1/s1. The molecule has 0 spiro atoms. The molecule has 26 heavy (non-hydrogen) atoms. The zero-order chi connectivity index (χ0) is 19.1. The number of nitrogens with one attached hydrogen (secondary N) is 1. The molecule has 0 bridgehead atoms. The number of benzene rings is 2. The monoisotopic (exact) mass is 411 g/mol. The van der Waals surface area contributed by atoms with E-state index in [2.05, 4.69) is 5.32 Å². The van der Waals surface area contributed by atoms with Crippen LogP contribution in [0.1, 0.15) is 30.6 Å². The Kier molecular flexibility index (Phi) is 7.82. The smallest absolute Gasteiger partial charge is 0.339 e. The summed E-state index contributed by atoms with van der Waals surface area (Å²) in [7, 11) is 0. The minimum absolute atomic E-state index is 0.132. The van der Waals surface area contributed by atoms with Crippen molar-refractivity contribution in [3.8, 4) is 0 Å². The van der Waals surface area contributed by atoms with Gasteiger partial charge in [-0.15, -0.1) is 11.8 Å². The maximum atomic E-state index is 12.6. The highest BCUT2D eigenvalue weighted by atomic mass is 35.5. The van der Waals surface area contributed by atoms with Gasteiger partial charge >= 0.3 is 5.97 Å². The number of carbonyl (C=O) groups is 2. The SMILES string of the molecule is CCOC(=O)c1ccc(NC(=O)[C@@H](CC)Sc2ccc(Cl)cc2)cc1Cl. The van der Waals surface area contributed by atoms with Crippen LogP contribution in [0.15, 0.2) is 47.4 Å². The Morgan fingerprint density at radius 2 is 1.81 bits per heavy atom. The molecule has 2 aromatic rings. The van der Waals surface area contributed by atoms with Gasteiger partial charge in [0.25, 0.3) is 0 Å². The molecule has 0 heterocycles. The topological polar surface area (TPSA) is 55.4 Å². The molecule has 0 aliphatic carbocycles. The van der Waals surface area contributed by atoms with Crippen LogP contribution in [0.4, 0.5) is 5.69 Å². The normalized spacial score (nSPS) is 11.7. The van der Waals surface area contributed by atoms with Crippen LogP contribution in [-0.4, -0.2) is 23.7 Å². The second-order valence-corrected chi connectivity index (χ2v) is 7.49. The average molecular weight is 412 g/mol. The van der Waals surface area contributed by atoms with E-state index in [0.717, 1.165) is 4.90 Å². The molecule has 0 saturated heterocycles. The Bertz CT molecular complexity index is 781. The molecule has 0 aliphatic rings. The Morgan fingerprint density at radius 1 is 1.12 bits per heavy atom. The molecule has 1 amide bonds. The van der Waals surface area contributed by atoms with Crippen molar-refractivity contribution in [1.29, 1.82) is 0 Å². The fourth-order valence-electron chi connectivity index (χ4n) is 2.19. The van der Waals surface area contributed by atoms with Crippen molar-refractivity contribution in [1.82, 2.24) is 0 Å². The highest BCUT2D eigenvalue weighted by Gasteiger charge is 2.19. The second-order valence-electron chi connectivity index (χ2n) is 5.37. The van der Waals surface area contributed by atoms with Crippen molar-refractivity contribution < 1.29 is 14.3 Å². The molecule has 0 aromatic heterocycles. The molecule has 2 aromatic carbocycles. The van der Waals surface area contributed by atoms with E-state index in [9.17, 15) is 9.59 Å². The molecule has 1 N–H and O–H groups in total. The minimum atomic E-state index is -0.486. The van der Waals surface area contributed by atoms with Crippen molar-refractivity contribution in [2.24, 2.45) is 0 Å². The fraction of sp³-hybridized carbons (Fsp3) is 0.263. The first-order valence-electron chi connectivity index (χ1n) is 8.14. The first-order valence-corrected chi connectivity index (χ1v) is 9.77. The lowest BCUT2D eigenvalue weighted by Crippen LogP contribution is -2.24. The van der Waals surface area contributed by atoms with E-state index in [-0.39, 0.29) is 28.4 Å². The molecule has 0 radical (unpaired) electrons. The lowest BCUT2D eigenvalue weighted by atomic mass is 10.2. The third kappa shape index (κ3) is 5.66. The molecule has 0 fully saturated rings. The average Bonchev–Trinajstić information content (AvgIpc) is 2.61. The van der Waals surface area contributed by atoms with Gasteiger partial charge in [0, 0.05) is 15.6 Å². The number of esters is 1. The summed E-state index contributed by atoms with van der Waals surface area (Å²) in [6.07, 6.45) is 0.660. The largest absolute Gasteiger partial charge is 0.462 e. The van der Waals surface area contributed by atoms with Crippen LogP contribution in [0.5, 0.6) is 0 Å². The maximum absolute atomic E-state index is 12.6. The van der Waals surface area contributed by atoms with E-state index in [1.54, 1.807) is 37.3 Å².